The summed E-state index contributed by atoms with van der Waals surface area (Å²) < 4.78 is 19.2. The van der Waals surface area contributed by atoms with E-state index in [-0.39, 0.29) is 22.9 Å². The first-order valence-electron chi connectivity index (χ1n) is 8.98. The van der Waals surface area contributed by atoms with E-state index in [1.54, 1.807) is 23.1 Å². The molecule has 1 fully saturated rings. The van der Waals surface area contributed by atoms with Crippen molar-refractivity contribution in [3.8, 4) is 0 Å². The van der Waals surface area contributed by atoms with Gasteiger partial charge in [-0.2, -0.15) is 0 Å². The van der Waals surface area contributed by atoms with Crippen molar-refractivity contribution < 1.29 is 13.6 Å². The molecule has 1 aliphatic rings. The molecule has 6 nitrogen and oxygen atoms in total. The lowest BCUT2D eigenvalue weighted by molar-refractivity contribution is 0.0662. The second-order valence-corrected chi connectivity index (χ2v) is 6.77. The molecule has 1 saturated heterocycles. The molecule has 3 aromatic rings. The predicted octanol–water partition coefficient (Wildman–Crippen LogP) is 2.65. The highest BCUT2D eigenvalue weighted by molar-refractivity contribution is 5.91. The van der Waals surface area contributed by atoms with E-state index in [0.29, 0.717) is 36.5 Å². The number of fused-ring (bicyclic) bond motifs is 1. The number of carbonyl (C=O) groups excluding carboxylic acids is 1. The highest BCUT2D eigenvalue weighted by Gasteiger charge is 2.25. The fourth-order valence-corrected chi connectivity index (χ4v) is 3.52. The number of carbonyl (C=O) groups is 1. The van der Waals surface area contributed by atoms with Crippen LogP contribution in [-0.4, -0.2) is 34.9 Å². The van der Waals surface area contributed by atoms with E-state index in [4.69, 9.17) is 4.42 Å². The van der Waals surface area contributed by atoms with Crippen molar-refractivity contribution in [1.29, 1.82) is 0 Å². The molecule has 1 amide bonds. The van der Waals surface area contributed by atoms with Gasteiger partial charge in [0.2, 0.25) is 0 Å². The summed E-state index contributed by atoms with van der Waals surface area (Å²) in [5, 5.41) is 3.70. The molecule has 1 aromatic carbocycles. The van der Waals surface area contributed by atoms with Crippen LogP contribution in [0, 0.1) is 5.82 Å². The third-order valence-electron chi connectivity index (χ3n) is 4.89. The number of furan rings is 1. The van der Waals surface area contributed by atoms with Crippen molar-refractivity contribution in [3.05, 3.63) is 70.2 Å². The zero-order chi connectivity index (χ0) is 18.8. The lowest BCUT2D eigenvalue weighted by Crippen LogP contribution is -2.47. The Bertz CT molecular complexity index is 1010. The molecule has 4 rings (SSSR count). The lowest BCUT2D eigenvalue weighted by Gasteiger charge is -2.32. The number of H-pyrrole nitrogens is 1. The van der Waals surface area contributed by atoms with E-state index in [1.807, 2.05) is 0 Å². The molecular formula is C20H20FN3O3. The third kappa shape index (κ3) is 3.64. The first kappa shape index (κ1) is 17.5. The molecule has 0 bridgehead atoms. The Kier molecular flexibility index (Phi) is 4.77. The molecule has 2 aromatic heterocycles. The molecule has 0 aliphatic carbocycles. The Balaban J connectivity index is 1.44. The van der Waals surface area contributed by atoms with Gasteiger partial charge in [-0.1, -0.05) is 6.07 Å². The van der Waals surface area contributed by atoms with Crippen LogP contribution in [0.25, 0.3) is 10.9 Å². The molecule has 0 spiro atoms. The van der Waals surface area contributed by atoms with Crippen LogP contribution in [0.15, 0.2) is 51.9 Å². The Morgan fingerprint density at radius 3 is 3.04 bits per heavy atom. The number of aromatic amines is 1. The van der Waals surface area contributed by atoms with Gasteiger partial charge in [-0.25, -0.2) is 4.39 Å². The Morgan fingerprint density at radius 2 is 2.22 bits per heavy atom. The van der Waals surface area contributed by atoms with Gasteiger partial charge < -0.3 is 19.6 Å². The zero-order valence-corrected chi connectivity index (χ0v) is 14.7. The molecule has 27 heavy (non-hydrogen) atoms. The molecule has 0 saturated carbocycles. The van der Waals surface area contributed by atoms with Crippen LogP contribution in [0.2, 0.25) is 0 Å². The zero-order valence-electron chi connectivity index (χ0n) is 14.7. The van der Waals surface area contributed by atoms with Gasteiger partial charge in [0.05, 0.1) is 11.8 Å². The monoisotopic (exact) mass is 369 g/mol. The summed E-state index contributed by atoms with van der Waals surface area (Å²) in [7, 11) is 0. The van der Waals surface area contributed by atoms with Crippen molar-refractivity contribution in [2.45, 2.75) is 25.4 Å². The number of halogens is 1. The molecule has 0 radical (unpaired) electrons. The number of hydrogen-bond donors (Lipinski definition) is 2. The number of hydrogen-bond acceptors (Lipinski definition) is 4. The Hall–Kier alpha value is -2.93. The quantitative estimate of drug-likeness (QED) is 0.741. The number of piperidine rings is 1. The van der Waals surface area contributed by atoms with Gasteiger partial charge >= 0.3 is 0 Å². The van der Waals surface area contributed by atoms with E-state index < -0.39 is 5.82 Å². The second-order valence-electron chi connectivity index (χ2n) is 6.77. The van der Waals surface area contributed by atoms with Gasteiger partial charge in [-0.05, 0) is 37.1 Å². The minimum absolute atomic E-state index is 0.0949. The van der Waals surface area contributed by atoms with Crippen LogP contribution in [0.3, 0.4) is 0 Å². The largest absolute Gasteiger partial charge is 0.459 e. The fraction of sp³-hybridized carbons (Fsp3) is 0.300. The van der Waals surface area contributed by atoms with Crippen LogP contribution in [0.5, 0.6) is 0 Å². The molecule has 140 valence electrons. The van der Waals surface area contributed by atoms with E-state index in [2.05, 4.69) is 10.3 Å². The maximum Gasteiger partial charge on any atom is 0.289 e. The van der Waals surface area contributed by atoms with Crippen molar-refractivity contribution in [1.82, 2.24) is 15.2 Å². The number of nitrogens with zero attached hydrogens (tertiary/aromatic N) is 1. The number of pyridine rings is 1. The number of nitrogens with one attached hydrogen (secondary N) is 2. The van der Waals surface area contributed by atoms with Gasteiger partial charge in [0.25, 0.3) is 5.91 Å². The first-order valence-corrected chi connectivity index (χ1v) is 8.98. The van der Waals surface area contributed by atoms with Crippen molar-refractivity contribution in [2.24, 2.45) is 0 Å². The minimum atomic E-state index is -0.445. The maximum absolute atomic E-state index is 14.0. The number of benzene rings is 1. The minimum Gasteiger partial charge on any atom is -0.459 e. The molecular weight excluding hydrogens is 349 g/mol. The molecule has 0 unspecified atom stereocenters. The predicted molar refractivity (Wildman–Crippen MR) is 99.0 cm³/mol. The first-order chi connectivity index (χ1) is 13.1. The standard InChI is InChI=1S/C20H20FN3O3/c21-16-6-1-5-15-17(25)10-14(23-19(15)16)11-22-13-4-2-8-24(12-13)20(26)18-7-3-9-27-18/h1,3,5-7,9-10,13,22H,2,4,8,11-12H2,(H,23,25)/t13-/m1/s1. The van der Waals surface area contributed by atoms with E-state index in [9.17, 15) is 14.0 Å². The van der Waals surface area contributed by atoms with E-state index in [0.717, 1.165) is 12.8 Å². The number of amides is 1. The summed E-state index contributed by atoms with van der Waals surface area (Å²) >= 11 is 0. The van der Waals surface area contributed by atoms with E-state index >= 15 is 0 Å². The number of rotatable bonds is 4. The number of aromatic nitrogens is 1. The third-order valence-corrected chi connectivity index (χ3v) is 4.89. The number of likely N-dealkylation sites (tertiary alicyclic amines) is 1. The SMILES string of the molecule is O=C(c1ccco1)N1CCC[C@@H](NCc2cc(=O)c3cccc(F)c3[nH]2)C1. The van der Waals surface area contributed by atoms with Crippen LogP contribution in [0.4, 0.5) is 4.39 Å². The van der Waals surface area contributed by atoms with E-state index in [1.165, 1.54) is 24.5 Å². The maximum atomic E-state index is 14.0. The molecule has 1 atom stereocenters. The summed E-state index contributed by atoms with van der Waals surface area (Å²) in [6.07, 6.45) is 3.29. The normalized spacial score (nSPS) is 17.4. The summed E-state index contributed by atoms with van der Waals surface area (Å²) in [6, 6.07) is 9.40. The summed E-state index contributed by atoms with van der Waals surface area (Å²) in [5.74, 6) is -0.225. The number of para-hydroxylation sites is 1. The molecule has 7 heteroatoms. The Morgan fingerprint density at radius 1 is 1.33 bits per heavy atom. The molecule has 3 heterocycles. The van der Waals surface area contributed by atoms with Gasteiger partial charge in [-0.3, -0.25) is 9.59 Å². The van der Waals surface area contributed by atoms with Crippen molar-refractivity contribution in [2.75, 3.05) is 13.1 Å². The Labute approximate surface area is 155 Å². The topological polar surface area (TPSA) is 78.3 Å². The highest BCUT2D eigenvalue weighted by Crippen LogP contribution is 2.16. The summed E-state index contributed by atoms with van der Waals surface area (Å²) in [4.78, 5) is 29.4. The van der Waals surface area contributed by atoms with Crippen molar-refractivity contribution >= 4 is 16.8 Å². The van der Waals surface area contributed by atoms with Crippen LogP contribution in [-0.2, 0) is 6.54 Å². The lowest BCUT2D eigenvalue weighted by atomic mass is 10.1. The molecule has 1 aliphatic heterocycles. The second kappa shape index (κ2) is 7.36. The van der Waals surface area contributed by atoms with Crippen LogP contribution >= 0.6 is 0 Å². The van der Waals surface area contributed by atoms with Crippen molar-refractivity contribution in [3.63, 3.8) is 0 Å². The van der Waals surface area contributed by atoms with Gasteiger partial charge in [0.15, 0.2) is 11.2 Å². The van der Waals surface area contributed by atoms with Gasteiger partial charge in [0, 0.05) is 42.8 Å². The van der Waals surface area contributed by atoms with Crippen LogP contribution < -0.4 is 10.7 Å². The van der Waals surface area contributed by atoms with Crippen LogP contribution in [0.1, 0.15) is 29.1 Å². The summed E-state index contributed by atoms with van der Waals surface area (Å²) in [6.45, 7) is 1.65. The van der Waals surface area contributed by atoms with Gasteiger partial charge in [-0.15, -0.1) is 0 Å². The summed E-state index contributed by atoms with van der Waals surface area (Å²) in [5.41, 5.74) is 0.630. The fourth-order valence-electron chi connectivity index (χ4n) is 3.52. The average Bonchev–Trinajstić information content (AvgIpc) is 3.22. The highest BCUT2D eigenvalue weighted by atomic mass is 19.1. The van der Waals surface area contributed by atoms with Gasteiger partial charge in [0.1, 0.15) is 5.82 Å². The molecule has 2 N–H and O–H groups in total. The average molecular weight is 369 g/mol. The smallest absolute Gasteiger partial charge is 0.289 e.